The Bertz CT molecular complexity index is 3320. The van der Waals surface area contributed by atoms with Crippen molar-refractivity contribution in [3.8, 4) is 16.8 Å². The number of nitrogens with zero attached hydrogens (tertiary/aromatic N) is 2. The summed E-state index contributed by atoms with van der Waals surface area (Å²) in [7, 11) is 0. The molecule has 3 aromatic heterocycles. The summed E-state index contributed by atoms with van der Waals surface area (Å²) >= 11 is 1.84. The van der Waals surface area contributed by atoms with E-state index in [1.165, 1.54) is 47.5 Å². The van der Waals surface area contributed by atoms with Crippen LogP contribution in [-0.2, 0) is 0 Å². The molecule has 12 rings (SSSR count). The maximum absolute atomic E-state index is 6.92. The molecule has 6 heteroatoms. The highest BCUT2D eigenvalue weighted by Crippen LogP contribution is 2.46. The number of aromatic nitrogens is 1. The van der Waals surface area contributed by atoms with Crippen molar-refractivity contribution in [2.45, 2.75) is 12.3 Å². The highest BCUT2D eigenvalue weighted by Gasteiger charge is 2.28. The van der Waals surface area contributed by atoms with Gasteiger partial charge in [0.05, 0.1) is 22.1 Å². The molecule has 2 unspecified atom stereocenters. The van der Waals surface area contributed by atoms with E-state index in [4.69, 9.17) is 9.41 Å². The molecule has 5 nitrogen and oxygen atoms in total. The van der Waals surface area contributed by atoms with Crippen LogP contribution in [0.4, 0.5) is 0 Å². The predicted octanol–water partition coefficient (Wildman–Crippen LogP) is 13.1. The number of para-hydroxylation sites is 3. The van der Waals surface area contributed by atoms with E-state index in [2.05, 4.69) is 191 Å². The molecule has 0 bridgehead atoms. The fraction of sp³-hybridized carbons (Fsp3) is 0.0392. The molecule has 4 heterocycles. The Kier molecular flexibility index (Phi) is 7.24. The second-order valence-electron chi connectivity index (χ2n) is 14.7. The zero-order chi connectivity index (χ0) is 37.5. The average Bonchev–Trinajstić information content (AvgIpc) is 3.97. The Morgan fingerprint density at radius 1 is 0.544 bits per heavy atom. The Balaban J connectivity index is 1.03. The number of fused-ring (bicyclic) bond motifs is 9. The van der Waals surface area contributed by atoms with Gasteiger partial charge in [-0.05, 0) is 41.5 Å². The minimum absolute atomic E-state index is 0.166. The van der Waals surface area contributed by atoms with Crippen LogP contribution in [-0.4, -0.2) is 10.4 Å². The van der Waals surface area contributed by atoms with Gasteiger partial charge in [0.1, 0.15) is 29.3 Å². The van der Waals surface area contributed by atoms with Gasteiger partial charge in [0.25, 0.3) is 0 Å². The van der Waals surface area contributed by atoms with E-state index in [0.29, 0.717) is 0 Å². The van der Waals surface area contributed by atoms with Crippen molar-refractivity contribution < 1.29 is 4.42 Å². The van der Waals surface area contributed by atoms with Gasteiger partial charge in [-0.15, -0.1) is 11.3 Å². The molecule has 8 aromatic carbocycles. The minimum Gasteiger partial charge on any atom is -0.455 e. The van der Waals surface area contributed by atoms with Crippen molar-refractivity contribution in [3.05, 3.63) is 199 Å². The largest absolute Gasteiger partial charge is 0.455 e. The monoisotopic (exact) mass is 750 g/mol. The number of hydrogen-bond donors (Lipinski definition) is 2. The van der Waals surface area contributed by atoms with Gasteiger partial charge in [0.15, 0.2) is 0 Å². The first-order chi connectivity index (χ1) is 28.3. The zero-order valence-corrected chi connectivity index (χ0v) is 31.5. The fourth-order valence-corrected chi connectivity index (χ4v) is 10.3. The molecule has 1 aliphatic rings. The summed E-state index contributed by atoms with van der Waals surface area (Å²) in [5.41, 5.74) is 10.9. The number of nitrogens with one attached hydrogen (secondary N) is 2. The van der Waals surface area contributed by atoms with Gasteiger partial charge in [-0.25, -0.2) is 4.99 Å². The molecule has 0 fully saturated rings. The number of furan rings is 1. The average molecular weight is 751 g/mol. The lowest BCUT2D eigenvalue weighted by molar-refractivity contribution is 0.411. The van der Waals surface area contributed by atoms with E-state index in [0.717, 1.165) is 55.7 Å². The van der Waals surface area contributed by atoms with E-state index >= 15 is 0 Å². The van der Waals surface area contributed by atoms with Gasteiger partial charge in [-0.2, -0.15) is 0 Å². The smallest absolute Gasteiger partial charge is 0.143 e. The van der Waals surface area contributed by atoms with E-state index in [1.54, 1.807) is 0 Å². The minimum atomic E-state index is -0.203. The van der Waals surface area contributed by atoms with Crippen LogP contribution in [0.25, 0.3) is 80.7 Å². The molecule has 2 N–H and O–H groups in total. The zero-order valence-electron chi connectivity index (χ0n) is 30.7. The summed E-state index contributed by atoms with van der Waals surface area (Å²) in [5.74, 6) is 0.879. The van der Waals surface area contributed by atoms with Gasteiger partial charge in [-0.3, -0.25) is 5.32 Å². The molecular weight excluding hydrogens is 717 g/mol. The molecule has 2 atom stereocenters. The highest BCUT2D eigenvalue weighted by atomic mass is 32.1. The number of amidine groups is 1. The third-order valence-corrected chi connectivity index (χ3v) is 12.7. The summed E-state index contributed by atoms with van der Waals surface area (Å²) in [6.45, 7) is 0. The van der Waals surface area contributed by atoms with E-state index in [1.807, 2.05) is 17.4 Å². The molecule has 270 valence electrons. The van der Waals surface area contributed by atoms with Crippen LogP contribution < -0.4 is 10.6 Å². The number of thiophene rings is 1. The van der Waals surface area contributed by atoms with Gasteiger partial charge in [0, 0.05) is 53.0 Å². The Hall–Kier alpha value is -6.99. The number of hydrogen-bond acceptors (Lipinski definition) is 5. The van der Waals surface area contributed by atoms with E-state index in [9.17, 15) is 0 Å². The molecule has 0 radical (unpaired) electrons. The van der Waals surface area contributed by atoms with Crippen molar-refractivity contribution in [1.82, 2.24) is 15.2 Å². The Labute approximate surface area is 332 Å². The van der Waals surface area contributed by atoms with Crippen LogP contribution in [0.3, 0.4) is 0 Å². The lowest BCUT2D eigenvalue weighted by Gasteiger charge is -2.32. The topological polar surface area (TPSA) is 54.5 Å². The molecule has 0 spiro atoms. The van der Waals surface area contributed by atoms with Crippen molar-refractivity contribution in [3.63, 3.8) is 0 Å². The van der Waals surface area contributed by atoms with E-state index in [-0.39, 0.29) is 12.3 Å². The fourth-order valence-electron chi connectivity index (χ4n) is 9.00. The van der Waals surface area contributed by atoms with Crippen LogP contribution in [0, 0.1) is 0 Å². The van der Waals surface area contributed by atoms with Crippen LogP contribution in [0.5, 0.6) is 0 Å². The molecule has 0 saturated carbocycles. The first kappa shape index (κ1) is 32.3. The summed E-state index contributed by atoms with van der Waals surface area (Å²) in [5, 5.41) is 14.8. The Morgan fingerprint density at radius 2 is 1.19 bits per heavy atom. The molecular formula is C51H34N4OS. The third-order valence-electron chi connectivity index (χ3n) is 11.5. The predicted molar refractivity (Wildman–Crippen MR) is 238 cm³/mol. The highest BCUT2D eigenvalue weighted by molar-refractivity contribution is 7.26. The summed E-state index contributed by atoms with van der Waals surface area (Å²) in [6.07, 6.45) is -0.368. The molecule has 0 saturated heterocycles. The number of rotatable bonds is 5. The second kappa shape index (κ2) is 12.8. The van der Waals surface area contributed by atoms with Crippen molar-refractivity contribution >= 4 is 81.1 Å². The standard InChI is InChI=1S/C51H34N4OS/c1-3-15-31(16-4-1)49-52-50(32-17-5-2-6-18-32)54-51(53-49)39-25-12-24-38-45-35(21-13-30-44(45)57-48(38)39)36-22-11-23-37-46-42(28-14-29-43(46)56-47(36)37)55-40-26-9-7-19-33(40)34-20-8-10-27-41(34)55/h1-30,49,51,53H,(H,52,54). The maximum atomic E-state index is 6.92. The Morgan fingerprint density at radius 3 is 2.00 bits per heavy atom. The van der Waals surface area contributed by atoms with Gasteiger partial charge in [0.2, 0.25) is 0 Å². The lowest BCUT2D eigenvalue weighted by Crippen LogP contribution is -2.45. The molecule has 1 aliphatic heterocycles. The summed E-state index contributed by atoms with van der Waals surface area (Å²) in [6, 6.07) is 64.7. The van der Waals surface area contributed by atoms with Crippen molar-refractivity contribution in [1.29, 1.82) is 0 Å². The molecule has 11 aromatic rings. The van der Waals surface area contributed by atoms with Crippen molar-refractivity contribution in [2.24, 2.45) is 4.99 Å². The number of benzene rings is 8. The third kappa shape index (κ3) is 5.01. The van der Waals surface area contributed by atoms with Crippen molar-refractivity contribution in [2.75, 3.05) is 0 Å². The second-order valence-corrected chi connectivity index (χ2v) is 15.8. The molecule has 0 aliphatic carbocycles. The number of aliphatic imine (C=N–C) groups is 1. The van der Waals surface area contributed by atoms with Gasteiger partial charge < -0.3 is 14.3 Å². The first-order valence-corrected chi connectivity index (χ1v) is 20.2. The summed E-state index contributed by atoms with van der Waals surface area (Å²) < 4.78 is 11.8. The SMILES string of the molecule is c1ccc(C2=NC(c3ccccc3)NC(c3cccc4c3sc3cccc(-c5cccc6c5oc5cccc(-n7c8ccccc8c8ccccc87)c56)c34)N2)cc1. The molecule has 0 amide bonds. The lowest BCUT2D eigenvalue weighted by atomic mass is 9.96. The normalized spacial score (nSPS) is 15.9. The van der Waals surface area contributed by atoms with E-state index < -0.39 is 0 Å². The van der Waals surface area contributed by atoms with Crippen LogP contribution in [0.1, 0.15) is 29.0 Å². The van der Waals surface area contributed by atoms with Gasteiger partial charge >= 0.3 is 0 Å². The maximum Gasteiger partial charge on any atom is 0.143 e. The van der Waals surface area contributed by atoms with Gasteiger partial charge in [-0.1, -0.05) is 152 Å². The quantitative estimate of drug-likeness (QED) is 0.184. The van der Waals surface area contributed by atoms with Crippen LogP contribution in [0.15, 0.2) is 191 Å². The van der Waals surface area contributed by atoms with Crippen LogP contribution in [0.2, 0.25) is 0 Å². The first-order valence-electron chi connectivity index (χ1n) is 19.4. The van der Waals surface area contributed by atoms with Crippen LogP contribution >= 0.6 is 11.3 Å². The molecule has 57 heavy (non-hydrogen) atoms. The summed E-state index contributed by atoms with van der Waals surface area (Å²) in [4.78, 5) is 5.16.